The van der Waals surface area contributed by atoms with Gasteiger partial charge in [-0.05, 0) is 19.8 Å². The second kappa shape index (κ2) is 6.04. The summed E-state index contributed by atoms with van der Waals surface area (Å²) in [5.41, 5.74) is -0.426. The lowest BCUT2D eigenvalue weighted by atomic mass is 10.2. The monoisotopic (exact) mass is 363 g/mol. The molecule has 24 heavy (non-hydrogen) atoms. The average Bonchev–Trinajstić information content (AvgIpc) is 3.26. The Morgan fingerprint density at radius 3 is 3.08 bits per heavy atom. The zero-order valence-electron chi connectivity index (χ0n) is 12.7. The number of anilines is 1. The number of hydrogen-bond acceptors (Lipinski definition) is 8. The molecule has 0 spiro atoms. The summed E-state index contributed by atoms with van der Waals surface area (Å²) in [4.78, 5) is 30.4. The Kier molecular flexibility index (Phi) is 3.87. The fourth-order valence-corrected chi connectivity index (χ4v) is 4.11. The van der Waals surface area contributed by atoms with E-state index in [0.717, 1.165) is 22.7 Å². The molecule has 4 heterocycles. The number of fused-ring (bicyclic) bond motifs is 1. The minimum Gasteiger partial charge on any atom is -0.371 e. The second-order valence-corrected chi connectivity index (χ2v) is 7.59. The summed E-state index contributed by atoms with van der Waals surface area (Å²) < 4.78 is 6.93. The lowest BCUT2D eigenvalue weighted by molar-refractivity contribution is 0.102. The number of aromatic nitrogens is 4. The minimum absolute atomic E-state index is 0.0285. The van der Waals surface area contributed by atoms with E-state index in [1.807, 2.05) is 6.92 Å². The van der Waals surface area contributed by atoms with Crippen molar-refractivity contribution in [2.75, 3.05) is 11.9 Å². The fraction of sp³-hybridized carbons (Fsp3) is 0.357. The molecule has 1 aliphatic rings. The molecule has 1 N–H and O–H groups in total. The maximum atomic E-state index is 12.4. The number of nitrogens with one attached hydrogen (secondary N) is 1. The van der Waals surface area contributed by atoms with Gasteiger partial charge >= 0.3 is 0 Å². The van der Waals surface area contributed by atoms with Crippen molar-refractivity contribution in [3.8, 4) is 0 Å². The van der Waals surface area contributed by atoms with E-state index in [1.165, 1.54) is 33.3 Å². The van der Waals surface area contributed by atoms with Gasteiger partial charge in [0.15, 0.2) is 4.96 Å². The first-order chi connectivity index (χ1) is 11.6. The topological polar surface area (TPSA) is 98.5 Å². The van der Waals surface area contributed by atoms with E-state index >= 15 is 0 Å². The summed E-state index contributed by atoms with van der Waals surface area (Å²) >= 11 is 2.65. The van der Waals surface area contributed by atoms with Crippen LogP contribution in [0.15, 0.2) is 17.2 Å². The van der Waals surface area contributed by atoms with Crippen LogP contribution in [0, 0.1) is 6.92 Å². The summed E-state index contributed by atoms with van der Waals surface area (Å²) in [7, 11) is 0. The van der Waals surface area contributed by atoms with Gasteiger partial charge in [0.05, 0.1) is 0 Å². The Balaban J connectivity index is 1.58. The van der Waals surface area contributed by atoms with Gasteiger partial charge in [-0.1, -0.05) is 11.3 Å². The van der Waals surface area contributed by atoms with Gasteiger partial charge in [0, 0.05) is 23.9 Å². The maximum Gasteiger partial charge on any atom is 0.271 e. The van der Waals surface area contributed by atoms with Crippen LogP contribution in [0.25, 0.3) is 4.96 Å². The van der Waals surface area contributed by atoms with Crippen molar-refractivity contribution < 1.29 is 9.53 Å². The first-order valence-corrected chi connectivity index (χ1v) is 8.99. The number of carbonyl (C=O) groups excluding carboxylic acids is 1. The Hall–Kier alpha value is -2.17. The van der Waals surface area contributed by atoms with Crippen LogP contribution < -0.4 is 10.9 Å². The van der Waals surface area contributed by atoms with E-state index < -0.39 is 11.5 Å². The highest BCUT2D eigenvalue weighted by Gasteiger charge is 2.23. The molecule has 8 nitrogen and oxygen atoms in total. The average molecular weight is 363 g/mol. The highest BCUT2D eigenvalue weighted by atomic mass is 32.1. The molecular weight excluding hydrogens is 350 g/mol. The zero-order chi connectivity index (χ0) is 16.7. The van der Waals surface area contributed by atoms with Crippen LogP contribution in [0.2, 0.25) is 0 Å². The van der Waals surface area contributed by atoms with Crippen molar-refractivity contribution >= 4 is 38.7 Å². The molecule has 10 heteroatoms. The van der Waals surface area contributed by atoms with E-state index in [0.29, 0.717) is 16.7 Å². The predicted octanol–water partition coefficient (Wildman–Crippen LogP) is 2.02. The number of carbonyl (C=O) groups is 1. The maximum absolute atomic E-state index is 12.4. The molecule has 4 rings (SSSR count). The number of nitrogens with zero attached hydrogens (tertiary/aromatic N) is 4. The lowest BCUT2D eigenvalue weighted by Gasteiger charge is -2.02. The van der Waals surface area contributed by atoms with Gasteiger partial charge in [-0.2, -0.15) is 0 Å². The molecule has 0 aromatic carbocycles. The van der Waals surface area contributed by atoms with Crippen molar-refractivity contribution in [1.29, 1.82) is 0 Å². The normalized spacial score (nSPS) is 17.5. The molecule has 0 radical (unpaired) electrons. The van der Waals surface area contributed by atoms with Crippen molar-refractivity contribution in [3.63, 3.8) is 0 Å². The Labute approximate surface area is 144 Å². The molecule has 0 bridgehead atoms. The SMILES string of the molecule is Cc1cn2c(=O)c(C(=O)Nc3nnc(C4CCCO4)s3)cnc2s1. The number of hydrogen-bond donors (Lipinski definition) is 1. The van der Waals surface area contributed by atoms with E-state index in [-0.39, 0.29) is 11.7 Å². The van der Waals surface area contributed by atoms with Gasteiger partial charge in [-0.25, -0.2) is 4.98 Å². The Bertz CT molecular complexity index is 970. The first kappa shape index (κ1) is 15.4. The zero-order valence-corrected chi connectivity index (χ0v) is 14.3. The fourth-order valence-electron chi connectivity index (χ4n) is 2.50. The molecule has 0 aliphatic carbocycles. The largest absolute Gasteiger partial charge is 0.371 e. The van der Waals surface area contributed by atoms with E-state index in [9.17, 15) is 9.59 Å². The summed E-state index contributed by atoms with van der Waals surface area (Å²) in [5.74, 6) is -0.541. The molecule has 1 aliphatic heterocycles. The van der Waals surface area contributed by atoms with Gasteiger partial charge in [0.2, 0.25) is 5.13 Å². The first-order valence-electron chi connectivity index (χ1n) is 7.36. The van der Waals surface area contributed by atoms with Crippen LogP contribution >= 0.6 is 22.7 Å². The molecule has 0 saturated carbocycles. The molecule has 1 fully saturated rings. The number of rotatable bonds is 3. The van der Waals surface area contributed by atoms with Crippen LogP contribution in [0.1, 0.15) is 39.2 Å². The van der Waals surface area contributed by atoms with Crippen molar-refractivity contribution in [3.05, 3.63) is 38.2 Å². The quantitative estimate of drug-likeness (QED) is 0.764. The molecule has 1 atom stereocenters. The molecule has 124 valence electrons. The number of aryl methyl sites for hydroxylation is 1. The highest BCUT2D eigenvalue weighted by Crippen LogP contribution is 2.31. The number of amides is 1. The molecule has 1 amide bonds. The van der Waals surface area contributed by atoms with Gasteiger partial charge in [-0.3, -0.25) is 19.3 Å². The summed E-state index contributed by atoms with van der Waals surface area (Å²) in [5, 5.41) is 11.7. The van der Waals surface area contributed by atoms with E-state index in [4.69, 9.17) is 4.74 Å². The van der Waals surface area contributed by atoms with Gasteiger partial charge in [-0.15, -0.1) is 21.5 Å². The third kappa shape index (κ3) is 2.72. The van der Waals surface area contributed by atoms with Crippen LogP contribution in [0.3, 0.4) is 0 Å². The van der Waals surface area contributed by atoms with Gasteiger partial charge in [0.25, 0.3) is 11.5 Å². The van der Waals surface area contributed by atoms with Crippen molar-refractivity contribution in [2.45, 2.75) is 25.9 Å². The standard InChI is InChI=1S/C14H13N5O3S2/c1-7-6-19-12(21)8(5-15-14(19)23-7)10(20)16-13-18-17-11(24-13)9-3-2-4-22-9/h5-6,9H,2-4H2,1H3,(H,16,18,20). The second-order valence-electron chi connectivity index (χ2n) is 5.37. The van der Waals surface area contributed by atoms with E-state index in [2.05, 4.69) is 20.5 Å². The van der Waals surface area contributed by atoms with Gasteiger partial charge < -0.3 is 4.74 Å². The molecule has 1 saturated heterocycles. The Morgan fingerprint density at radius 1 is 1.42 bits per heavy atom. The van der Waals surface area contributed by atoms with E-state index in [1.54, 1.807) is 6.20 Å². The molecule has 1 unspecified atom stereocenters. The summed E-state index contributed by atoms with van der Waals surface area (Å²) in [6.45, 7) is 2.60. The van der Waals surface area contributed by atoms with Crippen LogP contribution in [0.4, 0.5) is 5.13 Å². The molecule has 3 aromatic rings. The number of ether oxygens (including phenoxy) is 1. The third-order valence-electron chi connectivity index (χ3n) is 3.63. The van der Waals surface area contributed by atoms with Crippen LogP contribution in [0.5, 0.6) is 0 Å². The highest BCUT2D eigenvalue weighted by molar-refractivity contribution is 7.17. The van der Waals surface area contributed by atoms with Crippen LogP contribution in [-0.4, -0.2) is 32.1 Å². The van der Waals surface area contributed by atoms with Crippen molar-refractivity contribution in [2.24, 2.45) is 0 Å². The Morgan fingerprint density at radius 2 is 2.29 bits per heavy atom. The van der Waals surface area contributed by atoms with Gasteiger partial charge in [0.1, 0.15) is 16.7 Å². The lowest BCUT2D eigenvalue weighted by Crippen LogP contribution is -2.25. The smallest absolute Gasteiger partial charge is 0.271 e. The molecular formula is C14H13N5O3S2. The summed E-state index contributed by atoms with van der Waals surface area (Å²) in [6.07, 6.45) is 4.82. The predicted molar refractivity (Wildman–Crippen MR) is 89.9 cm³/mol. The van der Waals surface area contributed by atoms with Crippen LogP contribution in [-0.2, 0) is 4.74 Å². The number of thiazole rings is 1. The minimum atomic E-state index is -0.541. The third-order valence-corrected chi connectivity index (χ3v) is 5.48. The summed E-state index contributed by atoms with van der Waals surface area (Å²) in [6, 6.07) is 0. The molecule has 3 aromatic heterocycles. The van der Waals surface area contributed by atoms with Crippen molar-refractivity contribution in [1.82, 2.24) is 19.6 Å².